The zero-order valence-electron chi connectivity index (χ0n) is 15.5. The smallest absolute Gasteiger partial charge is 0.326 e. The van der Waals surface area contributed by atoms with Gasteiger partial charge < -0.3 is 9.30 Å². The number of amides is 1. The molecule has 0 radical (unpaired) electrons. The minimum absolute atomic E-state index is 0.0750. The van der Waals surface area contributed by atoms with E-state index < -0.39 is 0 Å². The molecule has 1 aromatic heterocycles. The van der Waals surface area contributed by atoms with E-state index in [-0.39, 0.29) is 18.4 Å². The minimum atomic E-state index is -0.312. The van der Waals surface area contributed by atoms with E-state index in [9.17, 15) is 9.59 Å². The number of benzene rings is 1. The van der Waals surface area contributed by atoms with Gasteiger partial charge >= 0.3 is 5.97 Å². The zero-order valence-corrected chi connectivity index (χ0v) is 16.3. The topological polar surface area (TPSA) is 60.7 Å². The number of carbonyl (C=O) groups is 2. The molecule has 3 rings (SSSR count). The summed E-state index contributed by atoms with van der Waals surface area (Å²) in [6.45, 7) is 4.23. The summed E-state index contributed by atoms with van der Waals surface area (Å²) in [7, 11) is 0. The molecule has 1 fully saturated rings. The molecule has 0 saturated heterocycles. The Hall–Kier alpha value is -1.95. The molecule has 1 saturated carbocycles. The molecule has 140 valence electrons. The monoisotopic (exact) mass is 374 g/mol. The van der Waals surface area contributed by atoms with Gasteiger partial charge in [0, 0.05) is 6.42 Å². The van der Waals surface area contributed by atoms with Crippen molar-refractivity contribution < 1.29 is 14.3 Å². The van der Waals surface area contributed by atoms with E-state index in [2.05, 4.69) is 11.1 Å². The lowest BCUT2D eigenvalue weighted by atomic mass is 10.0. The van der Waals surface area contributed by atoms with Crippen LogP contribution in [-0.4, -0.2) is 23.1 Å². The van der Waals surface area contributed by atoms with Gasteiger partial charge in [-0.15, -0.1) is 0 Å². The minimum Gasteiger partial charge on any atom is -0.465 e. The maximum absolute atomic E-state index is 12.4. The summed E-state index contributed by atoms with van der Waals surface area (Å²) >= 11 is 1.45. The Morgan fingerprint density at radius 2 is 2.08 bits per heavy atom. The number of thiazole rings is 1. The van der Waals surface area contributed by atoms with Crippen LogP contribution in [-0.2, 0) is 20.9 Å². The molecular weight excluding hydrogens is 348 g/mol. The van der Waals surface area contributed by atoms with Crippen molar-refractivity contribution in [2.75, 3.05) is 6.61 Å². The third kappa shape index (κ3) is 4.61. The highest BCUT2D eigenvalue weighted by atomic mass is 32.1. The molecule has 1 aliphatic carbocycles. The molecule has 1 heterocycles. The number of rotatable bonds is 6. The summed E-state index contributed by atoms with van der Waals surface area (Å²) in [5, 5.41) is 0. The number of esters is 1. The first-order chi connectivity index (χ1) is 12.6. The van der Waals surface area contributed by atoms with E-state index in [1.165, 1.54) is 37.0 Å². The van der Waals surface area contributed by atoms with E-state index in [0.29, 0.717) is 23.7 Å². The highest BCUT2D eigenvalue weighted by Crippen LogP contribution is 2.28. The van der Waals surface area contributed by atoms with Crippen LogP contribution in [0.1, 0.15) is 51.0 Å². The number of aryl methyl sites for hydroxylation is 1. The first kappa shape index (κ1) is 18.8. The van der Waals surface area contributed by atoms with Gasteiger partial charge in [0.2, 0.25) is 5.91 Å². The van der Waals surface area contributed by atoms with Gasteiger partial charge in [0.1, 0.15) is 6.54 Å². The lowest BCUT2D eigenvalue weighted by molar-refractivity contribution is -0.143. The summed E-state index contributed by atoms with van der Waals surface area (Å²) < 4.78 is 7.90. The second-order valence-electron chi connectivity index (χ2n) is 6.94. The van der Waals surface area contributed by atoms with Crippen LogP contribution in [0.25, 0.3) is 10.2 Å². The summed E-state index contributed by atoms with van der Waals surface area (Å²) in [4.78, 5) is 29.3. The molecule has 0 N–H and O–H groups in total. The van der Waals surface area contributed by atoms with Crippen LogP contribution >= 0.6 is 11.3 Å². The second-order valence-corrected chi connectivity index (χ2v) is 7.95. The quantitative estimate of drug-likeness (QED) is 0.719. The van der Waals surface area contributed by atoms with Gasteiger partial charge in [0.25, 0.3) is 0 Å². The fourth-order valence-electron chi connectivity index (χ4n) is 3.54. The fourth-order valence-corrected chi connectivity index (χ4v) is 4.69. The van der Waals surface area contributed by atoms with Crippen molar-refractivity contribution in [3.8, 4) is 0 Å². The molecule has 1 aromatic carbocycles. The number of ether oxygens (including phenoxy) is 1. The summed E-state index contributed by atoms with van der Waals surface area (Å²) in [5.41, 5.74) is 2.05. The van der Waals surface area contributed by atoms with Crippen LogP contribution in [0, 0.1) is 12.8 Å². The SMILES string of the molecule is CCOC(=O)Cn1c(=NC(=O)CCC2CCCC2)sc2cc(C)ccc21. The van der Waals surface area contributed by atoms with Crippen molar-refractivity contribution in [3.05, 3.63) is 28.6 Å². The lowest BCUT2D eigenvalue weighted by Crippen LogP contribution is -2.23. The number of aromatic nitrogens is 1. The predicted molar refractivity (Wildman–Crippen MR) is 103 cm³/mol. The van der Waals surface area contributed by atoms with E-state index in [1.807, 2.05) is 19.1 Å². The first-order valence-electron chi connectivity index (χ1n) is 9.40. The molecule has 0 unspecified atom stereocenters. The largest absolute Gasteiger partial charge is 0.465 e. The van der Waals surface area contributed by atoms with E-state index >= 15 is 0 Å². The predicted octanol–water partition coefficient (Wildman–Crippen LogP) is 3.97. The van der Waals surface area contributed by atoms with Crippen molar-refractivity contribution in [2.45, 2.75) is 58.9 Å². The van der Waals surface area contributed by atoms with Crippen molar-refractivity contribution in [3.63, 3.8) is 0 Å². The Morgan fingerprint density at radius 3 is 2.81 bits per heavy atom. The standard InChI is InChI=1S/C20H26N2O3S/c1-3-25-19(24)13-22-16-10-8-14(2)12-17(16)26-20(22)21-18(23)11-9-15-6-4-5-7-15/h8,10,12,15H,3-7,9,11,13H2,1-2H3. The molecule has 0 spiro atoms. The molecule has 26 heavy (non-hydrogen) atoms. The molecule has 0 bridgehead atoms. The molecule has 2 aromatic rings. The third-order valence-corrected chi connectivity index (χ3v) is 5.93. The first-order valence-corrected chi connectivity index (χ1v) is 10.2. The Bertz CT molecular complexity index is 860. The van der Waals surface area contributed by atoms with Gasteiger partial charge in [-0.3, -0.25) is 9.59 Å². The summed E-state index contributed by atoms with van der Waals surface area (Å²) in [6.07, 6.45) is 6.44. The van der Waals surface area contributed by atoms with Gasteiger partial charge in [-0.05, 0) is 43.9 Å². The normalized spacial score (nSPS) is 15.7. The average molecular weight is 375 g/mol. The van der Waals surface area contributed by atoms with Gasteiger partial charge in [-0.25, -0.2) is 0 Å². The van der Waals surface area contributed by atoms with Crippen LogP contribution in [0.4, 0.5) is 0 Å². The fraction of sp³-hybridized carbons (Fsp3) is 0.550. The van der Waals surface area contributed by atoms with Crippen LogP contribution in [0.5, 0.6) is 0 Å². The number of carbonyl (C=O) groups excluding carboxylic acids is 2. The van der Waals surface area contributed by atoms with Crippen LogP contribution in [0.15, 0.2) is 23.2 Å². The van der Waals surface area contributed by atoms with E-state index in [1.54, 1.807) is 11.5 Å². The van der Waals surface area contributed by atoms with Crippen molar-refractivity contribution >= 4 is 33.4 Å². The number of hydrogen-bond donors (Lipinski definition) is 0. The highest BCUT2D eigenvalue weighted by Gasteiger charge is 2.17. The molecule has 6 heteroatoms. The molecule has 0 atom stereocenters. The van der Waals surface area contributed by atoms with Crippen LogP contribution < -0.4 is 4.80 Å². The summed E-state index contributed by atoms with van der Waals surface area (Å²) in [5.74, 6) is 0.260. The average Bonchev–Trinajstić information content (AvgIpc) is 3.22. The Labute approximate surface area is 157 Å². The third-order valence-electron chi connectivity index (χ3n) is 4.89. The van der Waals surface area contributed by atoms with Crippen molar-refractivity contribution in [1.82, 2.24) is 4.57 Å². The van der Waals surface area contributed by atoms with Crippen LogP contribution in [0.3, 0.4) is 0 Å². The Morgan fingerprint density at radius 1 is 1.31 bits per heavy atom. The zero-order chi connectivity index (χ0) is 18.5. The Balaban J connectivity index is 1.86. The highest BCUT2D eigenvalue weighted by molar-refractivity contribution is 7.16. The molecule has 1 amide bonds. The lowest BCUT2D eigenvalue weighted by Gasteiger charge is -2.06. The molecule has 1 aliphatic rings. The van der Waals surface area contributed by atoms with Crippen molar-refractivity contribution in [2.24, 2.45) is 10.9 Å². The van der Waals surface area contributed by atoms with Gasteiger partial charge in [0.05, 0.1) is 16.8 Å². The number of hydrogen-bond acceptors (Lipinski definition) is 4. The maximum atomic E-state index is 12.4. The van der Waals surface area contributed by atoms with Gasteiger partial charge in [-0.2, -0.15) is 4.99 Å². The van der Waals surface area contributed by atoms with Gasteiger partial charge in [-0.1, -0.05) is 43.1 Å². The number of fused-ring (bicyclic) bond motifs is 1. The van der Waals surface area contributed by atoms with Crippen molar-refractivity contribution in [1.29, 1.82) is 0 Å². The maximum Gasteiger partial charge on any atom is 0.326 e. The number of nitrogens with zero attached hydrogens (tertiary/aromatic N) is 2. The molecule has 0 aliphatic heterocycles. The summed E-state index contributed by atoms with van der Waals surface area (Å²) in [6, 6.07) is 6.04. The second kappa shape index (κ2) is 8.62. The van der Waals surface area contributed by atoms with E-state index in [4.69, 9.17) is 4.74 Å². The van der Waals surface area contributed by atoms with E-state index in [0.717, 1.165) is 22.2 Å². The van der Waals surface area contributed by atoms with Crippen LogP contribution in [0.2, 0.25) is 0 Å². The molecule has 5 nitrogen and oxygen atoms in total. The van der Waals surface area contributed by atoms with Gasteiger partial charge in [0.15, 0.2) is 4.80 Å². The molecular formula is C20H26N2O3S. The Kier molecular flexibility index (Phi) is 6.25.